The Bertz CT molecular complexity index is 788. The average molecular weight is 318 g/mol. The average Bonchev–Trinajstić information content (AvgIpc) is 2.49. The predicted molar refractivity (Wildman–Crippen MR) is 85.0 cm³/mol. The molecule has 0 aliphatic carbocycles. The number of esters is 1. The van der Waals surface area contributed by atoms with E-state index in [0.29, 0.717) is 11.8 Å². The molecule has 1 aromatic heterocycles. The van der Waals surface area contributed by atoms with Crippen LogP contribution in [-0.4, -0.2) is 17.7 Å². The number of allylic oxidation sites excluding steroid dienone is 1. The largest absolute Gasteiger partial charge is 0.504 e. The van der Waals surface area contributed by atoms with Gasteiger partial charge in [-0.05, 0) is 25.0 Å². The molecule has 0 atom stereocenters. The lowest BCUT2D eigenvalue weighted by Crippen LogP contribution is -2.08. The van der Waals surface area contributed by atoms with Gasteiger partial charge in [0, 0.05) is 13.0 Å². The van der Waals surface area contributed by atoms with Crippen molar-refractivity contribution in [1.29, 1.82) is 0 Å². The molecule has 0 aliphatic heterocycles. The molecule has 0 fully saturated rings. The zero-order valence-corrected chi connectivity index (χ0v) is 13.0. The van der Waals surface area contributed by atoms with Crippen LogP contribution in [0, 0.1) is 0 Å². The number of hydrogen-bond donors (Lipinski definition) is 1. The Morgan fingerprint density at radius 2 is 2.13 bits per heavy atom. The lowest BCUT2D eigenvalue weighted by Gasteiger charge is -2.08. The molecule has 0 bridgehead atoms. The third kappa shape index (κ3) is 4.12. The topological polar surface area (TPSA) is 86.0 Å². The van der Waals surface area contributed by atoms with Gasteiger partial charge in [-0.1, -0.05) is 19.1 Å². The minimum atomic E-state index is -0.783. The van der Waals surface area contributed by atoms with Gasteiger partial charge in [-0.15, -0.1) is 0 Å². The van der Waals surface area contributed by atoms with E-state index in [9.17, 15) is 14.7 Å². The molecule has 1 aromatic carbocycles. The van der Waals surface area contributed by atoms with Gasteiger partial charge in [-0.3, -0.25) is 4.79 Å². The van der Waals surface area contributed by atoms with Crippen molar-refractivity contribution in [2.45, 2.75) is 26.7 Å². The molecular formula is C17H18O6. The van der Waals surface area contributed by atoms with Gasteiger partial charge in [-0.25, -0.2) is 4.79 Å². The molecule has 0 spiro atoms. The number of rotatable bonds is 6. The van der Waals surface area contributed by atoms with Crippen LogP contribution in [-0.2, 0) is 4.79 Å². The first-order chi connectivity index (χ1) is 11.0. The van der Waals surface area contributed by atoms with Crippen molar-refractivity contribution >= 4 is 16.9 Å². The molecule has 23 heavy (non-hydrogen) atoms. The first-order valence-corrected chi connectivity index (χ1v) is 7.29. The van der Waals surface area contributed by atoms with E-state index in [-0.39, 0.29) is 29.4 Å². The SMILES string of the molecule is CC/C=C/CCOc1c(O)c2ccc(OC(C)=O)cc2oc1=O. The summed E-state index contributed by atoms with van der Waals surface area (Å²) in [5, 5.41) is 10.5. The molecule has 2 aromatic rings. The minimum Gasteiger partial charge on any atom is -0.504 e. The van der Waals surface area contributed by atoms with E-state index in [1.54, 1.807) is 0 Å². The number of carbonyl (C=O) groups is 1. The molecule has 122 valence electrons. The van der Waals surface area contributed by atoms with Gasteiger partial charge in [0.1, 0.15) is 11.3 Å². The number of ether oxygens (including phenoxy) is 2. The molecule has 0 saturated heterocycles. The quantitative estimate of drug-likeness (QED) is 0.289. The summed E-state index contributed by atoms with van der Waals surface area (Å²) in [6.45, 7) is 3.54. The maximum Gasteiger partial charge on any atom is 0.383 e. The summed E-state index contributed by atoms with van der Waals surface area (Å²) in [7, 11) is 0. The summed E-state index contributed by atoms with van der Waals surface area (Å²) >= 11 is 0. The van der Waals surface area contributed by atoms with Crippen LogP contribution < -0.4 is 15.1 Å². The summed E-state index contributed by atoms with van der Waals surface area (Å²) in [5.41, 5.74) is -0.668. The molecule has 6 nitrogen and oxygen atoms in total. The van der Waals surface area contributed by atoms with Crippen molar-refractivity contribution in [1.82, 2.24) is 0 Å². The first kappa shape index (κ1) is 16.6. The molecule has 0 unspecified atom stereocenters. The molecule has 0 saturated carbocycles. The summed E-state index contributed by atoms with van der Waals surface area (Å²) < 4.78 is 15.4. The summed E-state index contributed by atoms with van der Waals surface area (Å²) in [6, 6.07) is 4.36. The van der Waals surface area contributed by atoms with Gasteiger partial charge in [0.15, 0.2) is 5.75 Å². The smallest absolute Gasteiger partial charge is 0.383 e. The van der Waals surface area contributed by atoms with Gasteiger partial charge in [-0.2, -0.15) is 0 Å². The zero-order valence-electron chi connectivity index (χ0n) is 13.0. The van der Waals surface area contributed by atoms with Crippen molar-refractivity contribution < 1.29 is 23.8 Å². The number of fused-ring (bicyclic) bond motifs is 1. The maximum atomic E-state index is 11.9. The van der Waals surface area contributed by atoms with Crippen molar-refractivity contribution in [2.75, 3.05) is 6.61 Å². The van der Waals surface area contributed by atoms with Gasteiger partial charge in [0.25, 0.3) is 0 Å². The first-order valence-electron chi connectivity index (χ1n) is 7.29. The third-order valence-corrected chi connectivity index (χ3v) is 3.01. The Kier molecular flexibility index (Phi) is 5.41. The number of benzene rings is 1. The maximum absolute atomic E-state index is 11.9. The van der Waals surface area contributed by atoms with Gasteiger partial charge >= 0.3 is 11.6 Å². The van der Waals surface area contributed by atoms with E-state index in [1.165, 1.54) is 25.1 Å². The van der Waals surface area contributed by atoms with Gasteiger partial charge in [0.2, 0.25) is 5.75 Å². The second kappa shape index (κ2) is 7.49. The van der Waals surface area contributed by atoms with E-state index in [4.69, 9.17) is 13.9 Å². The van der Waals surface area contributed by atoms with Crippen LogP contribution in [0.5, 0.6) is 17.2 Å². The fraction of sp³-hybridized carbons (Fsp3) is 0.294. The Morgan fingerprint density at radius 1 is 1.35 bits per heavy atom. The van der Waals surface area contributed by atoms with E-state index in [2.05, 4.69) is 0 Å². The molecule has 0 aliphatic rings. The van der Waals surface area contributed by atoms with Gasteiger partial charge < -0.3 is 19.0 Å². The van der Waals surface area contributed by atoms with Crippen LogP contribution in [0.15, 0.2) is 39.6 Å². The highest BCUT2D eigenvalue weighted by molar-refractivity contribution is 5.86. The molecule has 1 N–H and O–H groups in total. The molecular weight excluding hydrogens is 300 g/mol. The highest BCUT2D eigenvalue weighted by atomic mass is 16.5. The standard InChI is InChI=1S/C17H18O6/c1-3-4-5-6-9-21-16-15(19)13-8-7-12(22-11(2)18)10-14(13)23-17(16)20/h4-5,7-8,10,19H,3,6,9H2,1-2H3/b5-4+. The lowest BCUT2D eigenvalue weighted by molar-refractivity contribution is -0.131. The highest BCUT2D eigenvalue weighted by Gasteiger charge is 2.16. The molecule has 2 rings (SSSR count). The number of carbonyl (C=O) groups excluding carboxylic acids is 1. The molecule has 0 amide bonds. The fourth-order valence-electron chi connectivity index (χ4n) is 2.02. The van der Waals surface area contributed by atoms with E-state index < -0.39 is 11.6 Å². The van der Waals surface area contributed by atoms with E-state index in [0.717, 1.165) is 6.42 Å². The summed E-state index contributed by atoms with van der Waals surface area (Å²) in [4.78, 5) is 22.9. The molecule has 0 radical (unpaired) electrons. The second-order valence-corrected chi connectivity index (χ2v) is 4.84. The van der Waals surface area contributed by atoms with E-state index >= 15 is 0 Å². The van der Waals surface area contributed by atoms with Gasteiger partial charge in [0.05, 0.1) is 12.0 Å². The Morgan fingerprint density at radius 3 is 2.83 bits per heavy atom. The fourth-order valence-corrected chi connectivity index (χ4v) is 2.02. The zero-order chi connectivity index (χ0) is 16.8. The Labute approximate surface area is 132 Å². The van der Waals surface area contributed by atoms with Crippen molar-refractivity contribution in [2.24, 2.45) is 0 Å². The predicted octanol–water partition coefficient (Wildman–Crippen LogP) is 3.16. The monoisotopic (exact) mass is 318 g/mol. The Balaban J connectivity index is 2.28. The summed E-state index contributed by atoms with van der Waals surface area (Å²) in [6.07, 6.45) is 5.47. The lowest BCUT2D eigenvalue weighted by atomic mass is 10.2. The third-order valence-electron chi connectivity index (χ3n) is 3.01. The van der Waals surface area contributed by atoms with Crippen LogP contribution in [0.3, 0.4) is 0 Å². The van der Waals surface area contributed by atoms with Crippen LogP contribution in [0.25, 0.3) is 11.0 Å². The van der Waals surface area contributed by atoms with Crippen LogP contribution >= 0.6 is 0 Å². The van der Waals surface area contributed by atoms with Crippen LogP contribution in [0.2, 0.25) is 0 Å². The van der Waals surface area contributed by atoms with E-state index in [1.807, 2.05) is 19.1 Å². The Hall–Kier alpha value is -2.76. The van der Waals surface area contributed by atoms with Crippen LogP contribution in [0.1, 0.15) is 26.7 Å². The molecule has 1 heterocycles. The summed E-state index contributed by atoms with van der Waals surface area (Å²) in [5.74, 6) is -0.769. The minimum absolute atomic E-state index is 0.115. The molecule has 6 heteroatoms. The van der Waals surface area contributed by atoms with Crippen molar-refractivity contribution in [3.05, 3.63) is 40.8 Å². The normalized spacial score (nSPS) is 11.0. The number of aromatic hydroxyl groups is 1. The second-order valence-electron chi connectivity index (χ2n) is 4.84. The van der Waals surface area contributed by atoms with Crippen LogP contribution in [0.4, 0.5) is 0 Å². The number of hydrogen-bond acceptors (Lipinski definition) is 6. The highest BCUT2D eigenvalue weighted by Crippen LogP contribution is 2.33. The van der Waals surface area contributed by atoms with Crippen molar-refractivity contribution in [3.8, 4) is 17.2 Å². The van der Waals surface area contributed by atoms with Crippen molar-refractivity contribution in [3.63, 3.8) is 0 Å².